The first-order valence-corrected chi connectivity index (χ1v) is 14.7. The van der Waals surface area contributed by atoms with Gasteiger partial charge in [-0.3, -0.25) is 14.9 Å². The summed E-state index contributed by atoms with van der Waals surface area (Å²) in [4.78, 5) is 48.3. The quantitative estimate of drug-likeness (QED) is 0.0970. The Bertz CT molecular complexity index is 1750. The fourth-order valence-corrected chi connectivity index (χ4v) is 5.03. The summed E-state index contributed by atoms with van der Waals surface area (Å²) in [7, 11) is 1.39. The van der Waals surface area contributed by atoms with Crippen LogP contribution in [0.4, 0.5) is 14.9 Å². The monoisotopic (exact) mass is 713 g/mol. The number of hydrogen-bond acceptors (Lipinski definition) is 10. The molecule has 14 nitrogen and oxygen atoms in total. The van der Waals surface area contributed by atoms with Crippen molar-refractivity contribution in [2.45, 2.75) is 26.5 Å². The number of nitrogens with zero attached hydrogens (tertiary/aromatic N) is 2. The summed E-state index contributed by atoms with van der Waals surface area (Å²) in [6.07, 6.45) is 1.21. The van der Waals surface area contributed by atoms with E-state index < -0.39 is 41.3 Å². The summed E-state index contributed by atoms with van der Waals surface area (Å²) >= 11 is 3.27. The maximum atomic E-state index is 13.2. The molecule has 246 valence electrons. The van der Waals surface area contributed by atoms with Gasteiger partial charge in [0, 0.05) is 17.3 Å². The normalized spacial score (nSPS) is 14.2. The van der Waals surface area contributed by atoms with Crippen LogP contribution in [0, 0.1) is 15.9 Å². The number of hydrogen-bond donors (Lipinski definition) is 3. The molecule has 0 bridgehead atoms. The van der Waals surface area contributed by atoms with Crippen LogP contribution in [-0.2, 0) is 20.9 Å². The van der Waals surface area contributed by atoms with E-state index in [1.165, 1.54) is 55.8 Å². The third-order valence-corrected chi connectivity index (χ3v) is 7.18. The summed E-state index contributed by atoms with van der Waals surface area (Å²) < 4.78 is 35.2. The molecule has 0 aromatic heterocycles. The Morgan fingerprint density at radius 2 is 1.87 bits per heavy atom. The van der Waals surface area contributed by atoms with Crippen LogP contribution in [0.5, 0.6) is 17.2 Å². The number of nitrogens with one attached hydrogen (secondary N) is 3. The fraction of sp³-hybridized carbons (Fsp3) is 0.226. The number of nitro groups is 1. The minimum absolute atomic E-state index is 0.0281. The molecule has 0 aliphatic carbocycles. The van der Waals surface area contributed by atoms with Crippen molar-refractivity contribution < 1.29 is 42.6 Å². The number of hydrazone groups is 1. The molecule has 3 aromatic rings. The van der Waals surface area contributed by atoms with Crippen molar-refractivity contribution in [1.29, 1.82) is 0 Å². The van der Waals surface area contributed by atoms with Gasteiger partial charge in [-0.1, -0.05) is 18.2 Å². The lowest BCUT2D eigenvalue weighted by Crippen LogP contribution is -2.45. The lowest BCUT2D eigenvalue weighted by atomic mass is 9.95. The number of halogens is 2. The van der Waals surface area contributed by atoms with Gasteiger partial charge in [0.25, 0.3) is 5.91 Å². The smallest absolute Gasteiger partial charge is 0.338 e. The SMILES string of the molecule is CCOC(=O)C1=C(C)NC(=O)N[C@H]1c1ccc(OCC(=O)N/N=C/c2cc(Br)c(OCc3ccc(F)cc3)c([N+](=O)[O-])c2)c(OC)c1. The van der Waals surface area contributed by atoms with E-state index >= 15 is 0 Å². The fourth-order valence-electron chi connectivity index (χ4n) is 4.45. The molecule has 1 aliphatic rings. The van der Waals surface area contributed by atoms with Gasteiger partial charge in [0.2, 0.25) is 5.75 Å². The van der Waals surface area contributed by atoms with Crippen LogP contribution in [-0.4, -0.2) is 49.4 Å². The number of ether oxygens (including phenoxy) is 4. The van der Waals surface area contributed by atoms with E-state index in [9.17, 15) is 28.9 Å². The van der Waals surface area contributed by atoms with Gasteiger partial charge >= 0.3 is 17.7 Å². The third-order valence-electron chi connectivity index (χ3n) is 6.59. The van der Waals surface area contributed by atoms with Gasteiger partial charge < -0.3 is 29.6 Å². The maximum Gasteiger partial charge on any atom is 0.338 e. The standard InChI is InChI=1S/C31H29BrFN5O9/c1-4-45-30(40)27-17(2)35-31(41)36-28(27)20-7-10-24(25(13-20)44-3)46-16-26(39)37-34-14-19-11-22(32)29(23(12-19)38(42)43)47-15-18-5-8-21(33)9-6-18/h5-14,28H,4,15-16H2,1-3H3,(H,37,39)(H2,35,36,41)/b34-14+/t28-/m0/s1. The van der Waals surface area contributed by atoms with Crippen LogP contribution in [0.1, 0.15) is 36.6 Å². The molecule has 16 heteroatoms. The van der Waals surface area contributed by atoms with E-state index in [2.05, 4.69) is 37.1 Å². The van der Waals surface area contributed by atoms with Crippen LogP contribution >= 0.6 is 15.9 Å². The minimum atomic E-state index is -0.824. The summed E-state index contributed by atoms with van der Waals surface area (Å²) in [6.45, 7) is 2.92. The number of amides is 3. The van der Waals surface area contributed by atoms with Crippen molar-refractivity contribution in [2.24, 2.45) is 5.10 Å². The number of allylic oxidation sites excluding steroid dienone is 1. The van der Waals surface area contributed by atoms with E-state index in [-0.39, 0.29) is 51.8 Å². The maximum absolute atomic E-state index is 13.2. The number of benzene rings is 3. The number of methoxy groups -OCH3 is 1. The van der Waals surface area contributed by atoms with Gasteiger partial charge in [-0.05, 0) is 71.2 Å². The van der Waals surface area contributed by atoms with E-state index in [0.29, 0.717) is 16.8 Å². The van der Waals surface area contributed by atoms with Crippen molar-refractivity contribution in [3.63, 3.8) is 0 Å². The molecule has 3 aromatic carbocycles. The zero-order chi connectivity index (χ0) is 34.1. The zero-order valence-electron chi connectivity index (χ0n) is 25.3. The van der Waals surface area contributed by atoms with Gasteiger partial charge in [-0.15, -0.1) is 0 Å². The molecule has 3 amide bonds. The Morgan fingerprint density at radius 3 is 2.55 bits per heavy atom. The van der Waals surface area contributed by atoms with Crippen LogP contribution in [0.15, 0.2) is 75.4 Å². The number of nitro benzene ring substituents is 1. The summed E-state index contributed by atoms with van der Waals surface area (Å²) in [5, 5.41) is 20.8. The second-order valence-electron chi connectivity index (χ2n) is 9.81. The second-order valence-corrected chi connectivity index (χ2v) is 10.7. The molecule has 3 N–H and O–H groups in total. The highest BCUT2D eigenvalue weighted by molar-refractivity contribution is 9.10. The lowest BCUT2D eigenvalue weighted by molar-refractivity contribution is -0.386. The zero-order valence-corrected chi connectivity index (χ0v) is 26.9. The largest absolute Gasteiger partial charge is 0.493 e. The van der Waals surface area contributed by atoms with Gasteiger partial charge in [0.1, 0.15) is 12.4 Å². The first-order chi connectivity index (χ1) is 22.5. The Labute approximate surface area is 276 Å². The summed E-state index contributed by atoms with van der Waals surface area (Å²) in [5.41, 5.74) is 3.91. The lowest BCUT2D eigenvalue weighted by Gasteiger charge is -2.28. The molecular formula is C31H29BrFN5O9. The number of carbonyl (C=O) groups is 3. The molecular weight excluding hydrogens is 685 g/mol. The molecule has 1 atom stereocenters. The molecule has 0 saturated carbocycles. The second kappa shape index (κ2) is 15.7. The van der Waals surface area contributed by atoms with Gasteiger partial charge in [-0.2, -0.15) is 5.10 Å². The molecule has 0 unspecified atom stereocenters. The average molecular weight is 715 g/mol. The predicted molar refractivity (Wildman–Crippen MR) is 169 cm³/mol. The van der Waals surface area contributed by atoms with E-state index in [1.54, 1.807) is 26.0 Å². The molecule has 0 spiro atoms. The average Bonchev–Trinajstić information content (AvgIpc) is 3.03. The van der Waals surface area contributed by atoms with Gasteiger partial charge in [-0.25, -0.2) is 19.4 Å². The Kier molecular flexibility index (Phi) is 11.5. The van der Waals surface area contributed by atoms with Crippen molar-refractivity contribution in [3.05, 3.63) is 103 Å². The first-order valence-electron chi connectivity index (χ1n) is 13.9. The molecule has 1 heterocycles. The van der Waals surface area contributed by atoms with E-state index in [1.807, 2.05) is 0 Å². The molecule has 0 fully saturated rings. The predicted octanol–water partition coefficient (Wildman–Crippen LogP) is 4.80. The van der Waals surface area contributed by atoms with Crippen molar-refractivity contribution in [1.82, 2.24) is 16.1 Å². The van der Waals surface area contributed by atoms with E-state index in [4.69, 9.17) is 18.9 Å². The molecule has 0 radical (unpaired) electrons. The highest BCUT2D eigenvalue weighted by Crippen LogP contribution is 2.37. The summed E-state index contributed by atoms with van der Waals surface area (Å²) in [6, 6.07) is 11.6. The third kappa shape index (κ3) is 8.82. The van der Waals surface area contributed by atoms with Crippen molar-refractivity contribution in [3.8, 4) is 17.2 Å². The van der Waals surface area contributed by atoms with E-state index in [0.717, 1.165) is 0 Å². The number of esters is 1. The number of carbonyl (C=O) groups excluding carboxylic acids is 3. The van der Waals surface area contributed by atoms with Crippen LogP contribution in [0.2, 0.25) is 0 Å². The first kappa shape index (κ1) is 34.4. The Hall–Kier alpha value is -5.51. The molecule has 1 aliphatic heterocycles. The summed E-state index contributed by atoms with van der Waals surface area (Å²) in [5.74, 6) is -1.25. The molecule has 4 rings (SSSR count). The minimum Gasteiger partial charge on any atom is -0.493 e. The Morgan fingerprint density at radius 1 is 1.13 bits per heavy atom. The van der Waals surface area contributed by atoms with Crippen LogP contribution < -0.4 is 30.3 Å². The highest BCUT2D eigenvalue weighted by atomic mass is 79.9. The number of urea groups is 1. The van der Waals surface area contributed by atoms with Crippen molar-refractivity contribution in [2.75, 3.05) is 20.3 Å². The Balaban J connectivity index is 1.39. The topological polar surface area (TPSA) is 180 Å². The number of rotatable bonds is 13. The van der Waals surface area contributed by atoms with Crippen molar-refractivity contribution >= 4 is 45.7 Å². The highest BCUT2D eigenvalue weighted by Gasteiger charge is 2.32. The molecule has 47 heavy (non-hydrogen) atoms. The van der Waals surface area contributed by atoms with Crippen LogP contribution in [0.25, 0.3) is 0 Å². The molecule has 0 saturated heterocycles. The van der Waals surface area contributed by atoms with Crippen LogP contribution in [0.3, 0.4) is 0 Å². The van der Waals surface area contributed by atoms with Gasteiger partial charge in [0.15, 0.2) is 18.1 Å². The van der Waals surface area contributed by atoms with Gasteiger partial charge in [0.05, 0.1) is 40.9 Å².